The van der Waals surface area contributed by atoms with Crippen LogP contribution in [-0.4, -0.2) is 51.4 Å². The van der Waals surface area contributed by atoms with Gasteiger partial charge in [-0.1, -0.05) is 0 Å². The number of thioether (sulfide) groups is 1. The van der Waals surface area contributed by atoms with Gasteiger partial charge >= 0.3 is 6.09 Å². The van der Waals surface area contributed by atoms with Gasteiger partial charge in [0.25, 0.3) is 0 Å². The number of carbonyl (C=O) groups excluding carboxylic acids is 1. The average Bonchev–Trinajstić information content (AvgIpc) is 2.61. The van der Waals surface area contributed by atoms with Crippen molar-refractivity contribution in [3.63, 3.8) is 0 Å². The zero-order valence-corrected chi connectivity index (χ0v) is 12.8. The number of aliphatic hydroxyl groups is 1. The summed E-state index contributed by atoms with van der Waals surface area (Å²) in [4.78, 5) is 13.9. The highest BCUT2D eigenvalue weighted by Gasteiger charge is 2.33. The van der Waals surface area contributed by atoms with Crippen LogP contribution in [0.3, 0.4) is 0 Å². The Morgan fingerprint density at radius 1 is 1.39 bits per heavy atom. The van der Waals surface area contributed by atoms with Crippen LogP contribution in [0, 0.1) is 0 Å². The summed E-state index contributed by atoms with van der Waals surface area (Å²) in [5.74, 6) is 1.99. The summed E-state index contributed by atoms with van der Waals surface area (Å²) in [6.45, 7) is 9.32. The molecule has 1 aliphatic rings. The van der Waals surface area contributed by atoms with Gasteiger partial charge in [0, 0.05) is 11.8 Å². The highest BCUT2D eigenvalue weighted by atomic mass is 32.2. The van der Waals surface area contributed by atoms with E-state index >= 15 is 0 Å². The van der Waals surface area contributed by atoms with E-state index < -0.39 is 11.2 Å². The molecule has 5 heteroatoms. The van der Waals surface area contributed by atoms with Crippen LogP contribution in [0.4, 0.5) is 4.79 Å². The molecule has 0 spiro atoms. The van der Waals surface area contributed by atoms with Crippen LogP contribution in [0.15, 0.2) is 0 Å². The second kappa shape index (κ2) is 5.70. The maximum absolute atomic E-state index is 12.2. The van der Waals surface area contributed by atoms with Crippen LogP contribution in [0.25, 0.3) is 0 Å². The van der Waals surface area contributed by atoms with Gasteiger partial charge in [-0.3, -0.25) is 0 Å². The Labute approximate surface area is 114 Å². The fourth-order valence-corrected chi connectivity index (χ4v) is 3.07. The number of amides is 1. The number of carbonyl (C=O) groups is 1. The molecule has 1 atom stereocenters. The lowest BCUT2D eigenvalue weighted by Crippen LogP contribution is -2.49. The largest absolute Gasteiger partial charge is 0.444 e. The molecule has 0 aromatic heterocycles. The molecule has 1 saturated heterocycles. The van der Waals surface area contributed by atoms with Crippen molar-refractivity contribution < 1.29 is 14.6 Å². The van der Waals surface area contributed by atoms with E-state index in [0.29, 0.717) is 6.54 Å². The topological polar surface area (TPSA) is 49.8 Å². The summed E-state index contributed by atoms with van der Waals surface area (Å²) in [6, 6.07) is 0.177. The van der Waals surface area contributed by atoms with Crippen LogP contribution in [0.5, 0.6) is 0 Å². The van der Waals surface area contributed by atoms with Gasteiger partial charge < -0.3 is 14.7 Å². The number of hydrogen-bond donors (Lipinski definition) is 1. The Hall–Kier alpha value is -0.420. The molecule has 1 unspecified atom stereocenters. The van der Waals surface area contributed by atoms with E-state index in [1.54, 1.807) is 18.7 Å². The van der Waals surface area contributed by atoms with E-state index in [1.807, 2.05) is 32.5 Å². The summed E-state index contributed by atoms with van der Waals surface area (Å²) in [5, 5.41) is 9.94. The van der Waals surface area contributed by atoms with Crippen molar-refractivity contribution in [1.82, 2.24) is 4.90 Å². The zero-order chi connectivity index (χ0) is 14.0. The van der Waals surface area contributed by atoms with Gasteiger partial charge in [-0.05, 0) is 46.8 Å². The van der Waals surface area contributed by atoms with Gasteiger partial charge in [0.15, 0.2) is 0 Å². The van der Waals surface area contributed by atoms with Crippen LogP contribution in [0.1, 0.15) is 41.0 Å². The maximum atomic E-state index is 12.2. The quantitative estimate of drug-likeness (QED) is 0.860. The molecule has 0 radical (unpaired) electrons. The van der Waals surface area contributed by atoms with Gasteiger partial charge in [-0.25, -0.2) is 4.79 Å². The summed E-state index contributed by atoms with van der Waals surface area (Å²) in [7, 11) is 0. The van der Waals surface area contributed by atoms with E-state index in [9.17, 15) is 9.90 Å². The average molecular weight is 275 g/mol. The van der Waals surface area contributed by atoms with Crippen molar-refractivity contribution in [2.24, 2.45) is 0 Å². The summed E-state index contributed by atoms with van der Waals surface area (Å²) in [5.41, 5.74) is -1.40. The molecule has 106 valence electrons. The van der Waals surface area contributed by atoms with Crippen LogP contribution in [0.2, 0.25) is 0 Å². The third-order valence-corrected chi connectivity index (χ3v) is 3.68. The highest BCUT2D eigenvalue weighted by molar-refractivity contribution is 7.99. The molecule has 4 nitrogen and oxygen atoms in total. The predicted octanol–water partition coefficient (Wildman–Crippen LogP) is 2.50. The van der Waals surface area contributed by atoms with Gasteiger partial charge in [0.2, 0.25) is 0 Å². The zero-order valence-electron chi connectivity index (χ0n) is 12.0. The monoisotopic (exact) mass is 275 g/mol. The lowest BCUT2D eigenvalue weighted by Gasteiger charge is -2.34. The summed E-state index contributed by atoms with van der Waals surface area (Å²) >= 11 is 1.84. The Morgan fingerprint density at radius 3 is 2.39 bits per heavy atom. The van der Waals surface area contributed by atoms with Gasteiger partial charge in [-0.15, -0.1) is 0 Å². The fraction of sp³-hybridized carbons (Fsp3) is 0.923. The van der Waals surface area contributed by atoms with E-state index in [0.717, 1.165) is 17.9 Å². The molecule has 1 amide bonds. The molecular formula is C13H25NO3S. The van der Waals surface area contributed by atoms with Crippen molar-refractivity contribution in [1.29, 1.82) is 0 Å². The lowest BCUT2D eigenvalue weighted by atomic mass is 10.1. The SMILES string of the molecule is CC(C)(O)CN(C(=O)OC(C)(C)C)C1CCSC1. The molecule has 0 aromatic rings. The molecule has 1 rings (SSSR count). The normalized spacial score (nSPS) is 20.9. The number of rotatable bonds is 3. The van der Waals surface area contributed by atoms with Crippen LogP contribution < -0.4 is 0 Å². The first-order chi connectivity index (χ1) is 8.08. The maximum Gasteiger partial charge on any atom is 0.410 e. The standard InChI is InChI=1S/C13H25NO3S/c1-12(2,3)17-11(15)14(9-13(4,5)16)10-6-7-18-8-10/h10,16H,6-9H2,1-5H3. The fourth-order valence-electron chi connectivity index (χ4n) is 1.85. The second-order valence-electron chi connectivity index (χ2n) is 6.44. The number of nitrogens with zero attached hydrogens (tertiary/aromatic N) is 1. The Balaban J connectivity index is 2.73. The van der Waals surface area contributed by atoms with E-state index in [2.05, 4.69) is 0 Å². The van der Waals surface area contributed by atoms with Crippen molar-refractivity contribution in [3.8, 4) is 0 Å². The van der Waals surface area contributed by atoms with Crippen molar-refractivity contribution >= 4 is 17.9 Å². The van der Waals surface area contributed by atoms with E-state index in [1.165, 1.54) is 0 Å². The molecule has 0 aromatic carbocycles. The number of hydrogen-bond acceptors (Lipinski definition) is 4. The van der Waals surface area contributed by atoms with Crippen LogP contribution >= 0.6 is 11.8 Å². The third-order valence-electron chi connectivity index (χ3n) is 2.53. The molecular weight excluding hydrogens is 250 g/mol. The summed E-state index contributed by atoms with van der Waals surface area (Å²) in [6.07, 6.45) is 0.650. The highest BCUT2D eigenvalue weighted by Crippen LogP contribution is 2.25. The van der Waals surface area contributed by atoms with E-state index in [-0.39, 0.29) is 12.1 Å². The minimum atomic E-state index is -0.899. The summed E-state index contributed by atoms with van der Waals surface area (Å²) < 4.78 is 5.42. The molecule has 0 aliphatic carbocycles. The van der Waals surface area contributed by atoms with Gasteiger partial charge in [-0.2, -0.15) is 11.8 Å². The third kappa shape index (κ3) is 5.48. The van der Waals surface area contributed by atoms with Crippen molar-refractivity contribution in [2.75, 3.05) is 18.1 Å². The molecule has 1 heterocycles. The number of ether oxygens (including phenoxy) is 1. The Kier molecular flexibility index (Phi) is 4.95. The Morgan fingerprint density at radius 2 is 2.00 bits per heavy atom. The minimum Gasteiger partial charge on any atom is -0.444 e. The van der Waals surface area contributed by atoms with Gasteiger partial charge in [0.1, 0.15) is 5.60 Å². The smallest absolute Gasteiger partial charge is 0.410 e. The molecule has 1 N–H and O–H groups in total. The van der Waals surface area contributed by atoms with Crippen molar-refractivity contribution in [2.45, 2.75) is 58.3 Å². The second-order valence-corrected chi connectivity index (χ2v) is 7.59. The van der Waals surface area contributed by atoms with Crippen molar-refractivity contribution in [3.05, 3.63) is 0 Å². The first kappa shape index (κ1) is 15.6. The lowest BCUT2D eigenvalue weighted by molar-refractivity contribution is -0.0122. The molecule has 1 aliphatic heterocycles. The first-order valence-electron chi connectivity index (χ1n) is 6.38. The molecule has 0 bridgehead atoms. The predicted molar refractivity (Wildman–Crippen MR) is 75.0 cm³/mol. The van der Waals surface area contributed by atoms with E-state index in [4.69, 9.17) is 4.74 Å². The Bertz CT molecular complexity index is 288. The molecule has 0 saturated carbocycles. The molecule has 1 fully saturated rings. The molecule has 18 heavy (non-hydrogen) atoms. The van der Waals surface area contributed by atoms with Gasteiger partial charge in [0.05, 0.1) is 12.1 Å². The van der Waals surface area contributed by atoms with Crippen LogP contribution in [-0.2, 0) is 4.74 Å². The minimum absolute atomic E-state index is 0.177. The first-order valence-corrected chi connectivity index (χ1v) is 7.54.